The van der Waals surface area contributed by atoms with Crippen molar-refractivity contribution in [1.29, 1.82) is 0 Å². The number of ether oxygens (including phenoxy) is 1. The second-order valence-corrected chi connectivity index (χ2v) is 4.59. The minimum atomic E-state index is -0.434. The number of hydrogen-bond donors (Lipinski definition) is 1. The Labute approximate surface area is 126 Å². The second-order valence-electron chi connectivity index (χ2n) is 4.20. The quantitative estimate of drug-likeness (QED) is 0.881. The van der Waals surface area contributed by atoms with E-state index in [1.54, 1.807) is 25.1 Å². The van der Waals surface area contributed by atoms with E-state index in [-0.39, 0.29) is 10.8 Å². The van der Waals surface area contributed by atoms with E-state index in [1.807, 2.05) is 0 Å². The number of rotatable bonds is 3. The van der Waals surface area contributed by atoms with Gasteiger partial charge in [-0.3, -0.25) is 9.78 Å². The molecule has 0 fully saturated rings. The molecular formula is C14H12ClN3O3. The van der Waals surface area contributed by atoms with Gasteiger partial charge in [0.05, 0.1) is 25.1 Å². The molecule has 0 saturated heterocycles. The molecule has 0 saturated carbocycles. The van der Waals surface area contributed by atoms with E-state index in [4.69, 9.17) is 11.6 Å². The first-order valence-corrected chi connectivity index (χ1v) is 6.37. The van der Waals surface area contributed by atoms with Crippen molar-refractivity contribution in [3.8, 4) is 0 Å². The number of carbonyl (C=O) groups is 2. The zero-order valence-electron chi connectivity index (χ0n) is 11.4. The summed E-state index contributed by atoms with van der Waals surface area (Å²) >= 11 is 5.69. The van der Waals surface area contributed by atoms with E-state index in [2.05, 4.69) is 20.0 Å². The molecule has 0 aliphatic carbocycles. The first kappa shape index (κ1) is 14.9. The Kier molecular flexibility index (Phi) is 4.49. The predicted molar refractivity (Wildman–Crippen MR) is 77.5 cm³/mol. The molecule has 7 heteroatoms. The van der Waals surface area contributed by atoms with Gasteiger partial charge in [0.2, 0.25) is 0 Å². The summed E-state index contributed by atoms with van der Waals surface area (Å²) in [7, 11) is 1.31. The van der Waals surface area contributed by atoms with Crippen molar-refractivity contribution in [2.45, 2.75) is 6.92 Å². The van der Waals surface area contributed by atoms with Crippen LogP contribution in [0.3, 0.4) is 0 Å². The number of anilines is 1. The Bertz CT molecular complexity index is 704. The molecule has 0 aliphatic rings. The molecule has 0 spiro atoms. The second kappa shape index (κ2) is 6.32. The van der Waals surface area contributed by atoms with Crippen LogP contribution in [0.15, 0.2) is 30.6 Å². The maximum Gasteiger partial charge on any atom is 0.337 e. The summed E-state index contributed by atoms with van der Waals surface area (Å²) in [5, 5.41) is 2.82. The highest BCUT2D eigenvalue weighted by atomic mass is 35.5. The van der Waals surface area contributed by atoms with Crippen molar-refractivity contribution in [3.05, 3.63) is 52.6 Å². The van der Waals surface area contributed by atoms with E-state index < -0.39 is 11.9 Å². The van der Waals surface area contributed by atoms with Crippen LogP contribution in [0.5, 0.6) is 0 Å². The van der Waals surface area contributed by atoms with Crippen molar-refractivity contribution in [2.24, 2.45) is 0 Å². The van der Waals surface area contributed by atoms with Gasteiger partial charge in [0, 0.05) is 5.69 Å². The summed E-state index contributed by atoms with van der Waals surface area (Å²) in [4.78, 5) is 31.1. The zero-order valence-corrected chi connectivity index (χ0v) is 12.1. The number of nitrogens with one attached hydrogen (secondary N) is 1. The summed E-state index contributed by atoms with van der Waals surface area (Å²) < 4.78 is 4.64. The smallest absolute Gasteiger partial charge is 0.337 e. The van der Waals surface area contributed by atoms with Crippen LogP contribution >= 0.6 is 11.6 Å². The molecule has 0 aliphatic heterocycles. The molecule has 0 atom stereocenters. The lowest BCUT2D eigenvalue weighted by Gasteiger charge is -2.09. The van der Waals surface area contributed by atoms with Gasteiger partial charge in [-0.1, -0.05) is 11.6 Å². The van der Waals surface area contributed by atoms with E-state index in [9.17, 15) is 9.59 Å². The molecule has 2 rings (SSSR count). The maximum atomic E-state index is 12.0. The fourth-order valence-electron chi connectivity index (χ4n) is 1.69. The van der Waals surface area contributed by atoms with Gasteiger partial charge in [-0.05, 0) is 30.7 Å². The van der Waals surface area contributed by atoms with Gasteiger partial charge in [0.25, 0.3) is 5.91 Å². The summed E-state index contributed by atoms with van der Waals surface area (Å²) in [5.41, 5.74) is 1.81. The van der Waals surface area contributed by atoms with Crippen LogP contribution in [-0.2, 0) is 4.74 Å². The van der Waals surface area contributed by atoms with Crippen LogP contribution in [0, 0.1) is 6.92 Å². The van der Waals surface area contributed by atoms with Gasteiger partial charge in [-0.15, -0.1) is 0 Å². The van der Waals surface area contributed by atoms with Crippen LogP contribution in [0.2, 0.25) is 5.15 Å². The summed E-state index contributed by atoms with van der Waals surface area (Å²) in [6, 6.07) is 4.82. The van der Waals surface area contributed by atoms with Crippen LogP contribution < -0.4 is 5.32 Å². The van der Waals surface area contributed by atoms with E-state index in [0.717, 1.165) is 5.56 Å². The van der Waals surface area contributed by atoms with Crippen molar-refractivity contribution >= 4 is 29.2 Å². The topological polar surface area (TPSA) is 81.2 Å². The predicted octanol–water partition coefficient (Wildman–Crippen LogP) is 2.48. The number of carbonyl (C=O) groups excluding carboxylic acids is 2. The monoisotopic (exact) mass is 305 g/mol. The first-order valence-electron chi connectivity index (χ1n) is 5.99. The summed E-state index contributed by atoms with van der Waals surface area (Å²) in [6.07, 6.45) is 2.66. The van der Waals surface area contributed by atoms with Crippen molar-refractivity contribution in [2.75, 3.05) is 12.4 Å². The van der Waals surface area contributed by atoms with Gasteiger partial charge in [0.1, 0.15) is 10.8 Å². The molecule has 0 radical (unpaired) electrons. The van der Waals surface area contributed by atoms with Gasteiger partial charge in [-0.2, -0.15) is 0 Å². The first-order chi connectivity index (χ1) is 10.0. The van der Waals surface area contributed by atoms with Crippen LogP contribution in [0.1, 0.15) is 26.4 Å². The molecule has 1 aromatic heterocycles. The summed E-state index contributed by atoms with van der Waals surface area (Å²) in [5.74, 6) is -0.865. The molecule has 1 amide bonds. The number of halogens is 1. The van der Waals surface area contributed by atoms with E-state index in [0.29, 0.717) is 11.3 Å². The fraction of sp³-hybridized carbons (Fsp3) is 0.143. The highest BCUT2D eigenvalue weighted by molar-refractivity contribution is 6.29. The van der Waals surface area contributed by atoms with Crippen LogP contribution in [0.25, 0.3) is 0 Å². The molecular weight excluding hydrogens is 294 g/mol. The SMILES string of the molecule is COC(=O)c1ccc(NC(=O)c2cncc(Cl)n2)c(C)c1. The Hall–Kier alpha value is -2.47. The van der Waals surface area contributed by atoms with Gasteiger partial charge >= 0.3 is 5.97 Å². The van der Waals surface area contributed by atoms with Crippen molar-refractivity contribution < 1.29 is 14.3 Å². The number of hydrogen-bond acceptors (Lipinski definition) is 5. The number of esters is 1. The Morgan fingerprint density at radius 1 is 1.29 bits per heavy atom. The molecule has 6 nitrogen and oxygen atoms in total. The third kappa shape index (κ3) is 3.55. The van der Waals surface area contributed by atoms with E-state index >= 15 is 0 Å². The van der Waals surface area contributed by atoms with Crippen LogP contribution in [-0.4, -0.2) is 29.0 Å². The average Bonchev–Trinajstić information content (AvgIpc) is 2.48. The van der Waals surface area contributed by atoms with Crippen molar-refractivity contribution in [1.82, 2.24) is 9.97 Å². The zero-order chi connectivity index (χ0) is 15.4. The molecule has 0 unspecified atom stereocenters. The third-order valence-electron chi connectivity index (χ3n) is 2.73. The number of amides is 1. The number of aryl methyl sites for hydroxylation is 1. The Morgan fingerprint density at radius 2 is 2.05 bits per heavy atom. The van der Waals surface area contributed by atoms with Gasteiger partial charge in [-0.25, -0.2) is 9.78 Å². The largest absolute Gasteiger partial charge is 0.465 e. The molecule has 0 bridgehead atoms. The molecule has 1 aromatic carbocycles. The third-order valence-corrected chi connectivity index (χ3v) is 2.92. The molecule has 21 heavy (non-hydrogen) atoms. The molecule has 1 heterocycles. The standard InChI is InChI=1S/C14H12ClN3O3/c1-8-5-9(14(20)21-2)3-4-10(8)18-13(19)11-6-16-7-12(15)17-11/h3-7H,1-2H3,(H,18,19). The fourth-order valence-corrected chi connectivity index (χ4v) is 1.83. The lowest BCUT2D eigenvalue weighted by atomic mass is 10.1. The number of aromatic nitrogens is 2. The number of nitrogens with zero attached hydrogens (tertiary/aromatic N) is 2. The molecule has 108 valence electrons. The van der Waals surface area contributed by atoms with Gasteiger partial charge in [0.15, 0.2) is 0 Å². The van der Waals surface area contributed by atoms with Gasteiger partial charge < -0.3 is 10.1 Å². The minimum absolute atomic E-state index is 0.110. The normalized spacial score (nSPS) is 10.0. The Balaban J connectivity index is 2.20. The highest BCUT2D eigenvalue weighted by Crippen LogP contribution is 2.18. The molecule has 2 aromatic rings. The Morgan fingerprint density at radius 3 is 2.67 bits per heavy atom. The lowest BCUT2D eigenvalue weighted by Crippen LogP contribution is -2.15. The molecule has 1 N–H and O–H groups in total. The average molecular weight is 306 g/mol. The number of methoxy groups -OCH3 is 1. The summed E-state index contributed by atoms with van der Waals surface area (Å²) in [6.45, 7) is 1.77. The van der Waals surface area contributed by atoms with Crippen molar-refractivity contribution in [3.63, 3.8) is 0 Å². The maximum absolute atomic E-state index is 12.0. The highest BCUT2D eigenvalue weighted by Gasteiger charge is 2.12. The minimum Gasteiger partial charge on any atom is -0.465 e. The number of benzene rings is 1. The van der Waals surface area contributed by atoms with E-state index in [1.165, 1.54) is 19.5 Å². The lowest BCUT2D eigenvalue weighted by molar-refractivity contribution is 0.0600. The van der Waals surface area contributed by atoms with Crippen LogP contribution in [0.4, 0.5) is 5.69 Å².